The van der Waals surface area contributed by atoms with E-state index in [1.54, 1.807) is 32.4 Å². The van der Waals surface area contributed by atoms with Crippen LogP contribution in [-0.4, -0.2) is 25.3 Å². The van der Waals surface area contributed by atoms with Gasteiger partial charge in [-0.05, 0) is 42.2 Å². The Morgan fingerprint density at radius 3 is 2.36 bits per heavy atom. The molecule has 0 radical (unpaired) electrons. The molecule has 0 aliphatic heterocycles. The number of hydrogen-bond acceptors (Lipinski definition) is 3. The highest BCUT2D eigenvalue weighted by molar-refractivity contribution is 5.77. The van der Waals surface area contributed by atoms with E-state index in [1.165, 1.54) is 0 Å². The fraction of sp³-hybridized carbons (Fsp3) is 0.278. The third kappa shape index (κ3) is 3.39. The van der Waals surface area contributed by atoms with Crippen LogP contribution in [0.1, 0.15) is 22.6 Å². The Morgan fingerprint density at radius 1 is 1.09 bits per heavy atom. The van der Waals surface area contributed by atoms with Gasteiger partial charge in [0.25, 0.3) is 0 Å². The van der Waals surface area contributed by atoms with Gasteiger partial charge in [-0.1, -0.05) is 30.3 Å². The lowest BCUT2D eigenvalue weighted by Gasteiger charge is -2.16. The van der Waals surface area contributed by atoms with Crippen molar-refractivity contribution >= 4 is 5.97 Å². The third-order valence-corrected chi connectivity index (χ3v) is 3.79. The quantitative estimate of drug-likeness (QED) is 0.888. The molecule has 4 nitrogen and oxygen atoms in total. The van der Waals surface area contributed by atoms with Crippen LogP contribution in [0.4, 0.5) is 0 Å². The molecule has 1 atom stereocenters. The Morgan fingerprint density at radius 2 is 1.77 bits per heavy atom. The van der Waals surface area contributed by atoms with Gasteiger partial charge in [-0.2, -0.15) is 0 Å². The monoisotopic (exact) mass is 300 g/mol. The summed E-state index contributed by atoms with van der Waals surface area (Å²) in [6.07, 6.45) is 0.442. The lowest BCUT2D eigenvalue weighted by molar-refractivity contribution is -0.138. The van der Waals surface area contributed by atoms with E-state index >= 15 is 0 Å². The van der Waals surface area contributed by atoms with E-state index in [4.69, 9.17) is 9.47 Å². The van der Waals surface area contributed by atoms with Crippen LogP contribution >= 0.6 is 0 Å². The molecule has 2 aromatic carbocycles. The van der Waals surface area contributed by atoms with E-state index in [0.29, 0.717) is 23.5 Å². The number of aliphatic carboxylic acids is 1. The Balaban J connectivity index is 2.36. The number of carboxylic acid groups (broad SMARTS) is 1. The zero-order valence-corrected chi connectivity index (χ0v) is 13.0. The lowest BCUT2D eigenvalue weighted by Crippen LogP contribution is -2.15. The largest absolute Gasteiger partial charge is 0.493 e. The second-order valence-electron chi connectivity index (χ2n) is 5.14. The molecule has 0 heterocycles. The molecule has 0 amide bonds. The first-order valence-electron chi connectivity index (χ1n) is 7.06. The van der Waals surface area contributed by atoms with Gasteiger partial charge in [0, 0.05) is 0 Å². The van der Waals surface area contributed by atoms with Gasteiger partial charge in [-0.15, -0.1) is 0 Å². The molecule has 2 aromatic rings. The first-order valence-corrected chi connectivity index (χ1v) is 7.06. The van der Waals surface area contributed by atoms with E-state index in [9.17, 15) is 9.90 Å². The molecule has 0 aliphatic carbocycles. The van der Waals surface area contributed by atoms with Gasteiger partial charge in [0.15, 0.2) is 11.5 Å². The molecular weight excluding hydrogens is 280 g/mol. The van der Waals surface area contributed by atoms with Gasteiger partial charge in [-0.3, -0.25) is 4.79 Å². The molecule has 1 N–H and O–H groups in total. The molecule has 1 unspecified atom stereocenters. The summed E-state index contributed by atoms with van der Waals surface area (Å²) in [5, 5.41) is 9.60. The van der Waals surface area contributed by atoms with Crippen molar-refractivity contribution in [2.24, 2.45) is 0 Å². The summed E-state index contributed by atoms with van der Waals surface area (Å²) in [6.45, 7) is 1.99. The fourth-order valence-corrected chi connectivity index (χ4v) is 2.48. The fourth-order valence-electron chi connectivity index (χ4n) is 2.48. The molecule has 0 saturated carbocycles. The number of rotatable bonds is 6. The number of carboxylic acids is 1. The van der Waals surface area contributed by atoms with E-state index in [-0.39, 0.29) is 0 Å². The molecular formula is C18H20O4. The first kappa shape index (κ1) is 15.9. The Bertz CT molecular complexity index is 664. The maximum absolute atomic E-state index is 11.7. The van der Waals surface area contributed by atoms with Crippen LogP contribution in [0.3, 0.4) is 0 Å². The Labute approximate surface area is 130 Å². The molecule has 4 heteroatoms. The van der Waals surface area contributed by atoms with E-state index in [0.717, 1.165) is 11.1 Å². The number of hydrogen-bond donors (Lipinski definition) is 1. The summed E-state index contributed by atoms with van der Waals surface area (Å²) >= 11 is 0. The Hall–Kier alpha value is -2.49. The van der Waals surface area contributed by atoms with E-state index in [1.807, 2.05) is 31.2 Å². The van der Waals surface area contributed by atoms with Crippen LogP contribution in [-0.2, 0) is 11.2 Å². The predicted molar refractivity (Wildman–Crippen MR) is 84.8 cm³/mol. The van der Waals surface area contributed by atoms with Crippen LogP contribution in [0.25, 0.3) is 0 Å². The molecule has 116 valence electrons. The number of aryl methyl sites for hydroxylation is 1. The topological polar surface area (TPSA) is 55.8 Å². The highest BCUT2D eigenvalue weighted by Crippen LogP contribution is 2.32. The van der Waals surface area contributed by atoms with Gasteiger partial charge in [0.05, 0.1) is 20.1 Å². The zero-order valence-electron chi connectivity index (χ0n) is 13.0. The van der Waals surface area contributed by atoms with Crippen molar-refractivity contribution in [1.82, 2.24) is 0 Å². The minimum absolute atomic E-state index is 0.442. The molecule has 0 saturated heterocycles. The zero-order chi connectivity index (χ0) is 16.1. The van der Waals surface area contributed by atoms with Crippen LogP contribution in [0, 0.1) is 6.92 Å². The molecule has 2 rings (SSSR count). The summed E-state index contributed by atoms with van der Waals surface area (Å²) in [4.78, 5) is 11.7. The van der Waals surface area contributed by atoms with Crippen molar-refractivity contribution in [3.63, 3.8) is 0 Å². The van der Waals surface area contributed by atoms with Crippen molar-refractivity contribution in [3.8, 4) is 11.5 Å². The molecule has 0 spiro atoms. The van der Waals surface area contributed by atoms with Crippen LogP contribution in [0.5, 0.6) is 11.5 Å². The highest BCUT2D eigenvalue weighted by Gasteiger charge is 2.22. The number of carbonyl (C=O) groups is 1. The van der Waals surface area contributed by atoms with Crippen molar-refractivity contribution in [2.75, 3.05) is 14.2 Å². The van der Waals surface area contributed by atoms with E-state index in [2.05, 4.69) is 0 Å². The number of ether oxygens (including phenoxy) is 2. The van der Waals surface area contributed by atoms with Crippen LogP contribution < -0.4 is 9.47 Å². The smallest absolute Gasteiger partial charge is 0.311 e. The number of methoxy groups -OCH3 is 2. The molecule has 22 heavy (non-hydrogen) atoms. The maximum atomic E-state index is 11.7. The SMILES string of the molecule is COc1ccc(C(Cc2ccccc2C)C(=O)O)cc1OC. The Kier molecular flexibility index (Phi) is 5.04. The first-order chi connectivity index (χ1) is 10.6. The summed E-state index contributed by atoms with van der Waals surface area (Å²) < 4.78 is 10.5. The summed E-state index contributed by atoms with van der Waals surface area (Å²) in [6, 6.07) is 13.1. The van der Waals surface area contributed by atoms with Crippen molar-refractivity contribution in [3.05, 3.63) is 59.2 Å². The minimum atomic E-state index is -0.851. The second-order valence-corrected chi connectivity index (χ2v) is 5.14. The third-order valence-electron chi connectivity index (χ3n) is 3.79. The predicted octanol–water partition coefficient (Wildman–Crippen LogP) is 3.42. The van der Waals surface area contributed by atoms with Gasteiger partial charge in [0.2, 0.25) is 0 Å². The molecule has 0 fully saturated rings. The van der Waals surface area contributed by atoms with Crippen molar-refractivity contribution in [1.29, 1.82) is 0 Å². The molecule has 0 aromatic heterocycles. The van der Waals surface area contributed by atoms with Gasteiger partial charge >= 0.3 is 5.97 Å². The minimum Gasteiger partial charge on any atom is -0.493 e. The van der Waals surface area contributed by atoms with Crippen molar-refractivity contribution < 1.29 is 19.4 Å². The maximum Gasteiger partial charge on any atom is 0.311 e. The summed E-state index contributed by atoms with van der Waals surface area (Å²) in [5.74, 6) is -0.348. The van der Waals surface area contributed by atoms with Gasteiger partial charge in [0.1, 0.15) is 0 Å². The van der Waals surface area contributed by atoms with Gasteiger partial charge < -0.3 is 14.6 Å². The molecule has 0 aliphatic rings. The highest BCUT2D eigenvalue weighted by atomic mass is 16.5. The number of benzene rings is 2. The summed E-state index contributed by atoms with van der Waals surface area (Å²) in [7, 11) is 3.10. The second kappa shape index (κ2) is 6.98. The average molecular weight is 300 g/mol. The average Bonchev–Trinajstić information content (AvgIpc) is 2.53. The van der Waals surface area contributed by atoms with Crippen molar-refractivity contribution in [2.45, 2.75) is 19.3 Å². The molecule has 0 bridgehead atoms. The van der Waals surface area contributed by atoms with Gasteiger partial charge in [-0.25, -0.2) is 0 Å². The normalized spacial score (nSPS) is 11.8. The standard InChI is InChI=1S/C18H20O4/c1-12-6-4-5-7-13(12)10-15(18(19)20)14-8-9-16(21-2)17(11-14)22-3/h4-9,11,15H,10H2,1-3H3,(H,19,20). The van der Waals surface area contributed by atoms with Crippen LogP contribution in [0.15, 0.2) is 42.5 Å². The lowest BCUT2D eigenvalue weighted by atomic mass is 9.90. The van der Waals surface area contributed by atoms with E-state index < -0.39 is 11.9 Å². The summed E-state index contributed by atoms with van der Waals surface area (Å²) in [5.41, 5.74) is 2.83. The van der Waals surface area contributed by atoms with Crippen LogP contribution in [0.2, 0.25) is 0 Å².